The minimum Gasteiger partial charge on any atom is -0.507 e. The van der Waals surface area contributed by atoms with E-state index in [0.717, 1.165) is 16.1 Å². The molecule has 1 aromatic heterocycles. The summed E-state index contributed by atoms with van der Waals surface area (Å²) in [6.45, 7) is 6.16. The highest BCUT2D eigenvalue weighted by Crippen LogP contribution is 2.43. The molecule has 4 rings (SSSR count). The van der Waals surface area contributed by atoms with E-state index in [2.05, 4.69) is 24.0 Å². The second-order valence-electron chi connectivity index (χ2n) is 7.69. The summed E-state index contributed by atoms with van der Waals surface area (Å²) in [7, 11) is 0. The summed E-state index contributed by atoms with van der Waals surface area (Å²) in [6, 6.07) is 15.8. The van der Waals surface area contributed by atoms with Crippen LogP contribution in [0.25, 0.3) is 5.76 Å². The molecule has 7 heteroatoms. The van der Waals surface area contributed by atoms with E-state index in [0.29, 0.717) is 23.0 Å². The Bertz CT molecular complexity index is 1150. The predicted octanol–water partition coefficient (Wildman–Crippen LogP) is 4.85. The molecule has 2 heterocycles. The number of aliphatic hydroxyl groups excluding tert-OH is 1. The Balaban J connectivity index is 1.91. The maximum atomic E-state index is 13.1. The molecule has 0 bridgehead atoms. The number of hydrogen-bond donors (Lipinski definition) is 1. The minimum absolute atomic E-state index is 0.0572. The van der Waals surface area contributed by atoms with Gasteiger partial charge in [0.2, 0.25) is 5.13 Å². The van der Waals surface area contributed by atoms with Crippen LogP contribution in [0.2, 0.25) is 0 Å². The number of carbonyl (C=O) groups is 2. The van der Waals surface area contributed by atoms with E-state index < -0.39 is 17.7 Å². The number of anilines is 1. The first-order valence-electron chi connectivity index (χ1n) is 10.2. The fourth-order valence-electron chi connectivity index (χ4n) is 3.64. The van der Waals surface area contributed by atoms with E-state index in [1.807, 2.05) is 37.3 Å². The zero-order valence-electron chi connectivity index (χ0n) is 17.6. The fraction of sp³-hybridized carbons (Fsp3) is 0.250. The molecular weight excluding hydrogens is 410 g/mol. The molecule has 31 heavy (non-hydrogen) atoms. The van der Waals surface area contributed by atoms with Gasteiger partial charge in [-0.1, -0.05) is 86.7 Å². The Labute approximate surface area is 184 Å². The molecule has 1 N–H and O–H groups in total. The molecule has 1 aliphatic heterocycles. The second-order valence-corrected chi connectivity index (χ2v) is 8.73. The number of Topliss-reactive ketones (excluding diaryl/α,β-unsaturated/α-hetero) is 1. The molecule has 0 aliphatic carbocycles. The first-order chi connectivity index (χ1) is 14.9. The summed E-state index contributed by atoms with van der Waals surface area (Å²) in [5, 5.41) is 20.4. The Morgan fingerprint density at radius 3 is 2.32 bits per heavy atom. The van der Waals surface area contributed by atoms with Gasteiger partial charge in [-0.2, -0.15) is 0 Å². The maximum Gasteiger partial charge on any atom is 0.301 e. The van der Waals surface area contributed by atoms with Gasteiger partial charge in [-0.15, -0.1) is 10.2 Å². The molecule has 0 saturated carbocycles. The molecule has 2 aromatic carbocycles. The first kappa shape index (κ1) is 20.9. The van der Waals surface area contributed by atoms with E-state index in [4.69, 9.17) is 0 Å². The summed E-state index contributed by atoms with van der Waals surface area (Å²) in [6.07, 6.45) is 0.680. The quantitative estimate of drug-likeness (QED) is 0.353. The number of aryl methyl sites for hydroxylation is 1. The molecule has 158 valence electrons. The summed E-state index contributed by atoms with van der Waals surface area (Å²) in [5.74, 6) is -1.29. The van der Waals surface area contributed by atoms with Gasteiger partial charge in [-0.05, 0) is 23.5 Å². The van der Waals surface area contributed by atoms with Crippen molar-refractivity contribution in [1.82, 2.24) is 10.2 Å². The van der Waals surface area contributed by atoms with Crippen molar-refractivity contribution in [2.45, 2.75) is 39.2 Å². The number of nitrogens with zero attached hydrogens (tertiary/aromatic N) is 3. The van der Waals surface area contributed by atoms with Crippen LogP contribution in [0.1, 0.15) is 54.4 Å². The molecule has 1 saturated heterocycles. The van der Waals surface area contributed by atoms with Crippen LogP contribution in [0.15, 0.2) is 60.2 Å². The molecule has 1 amide bonds. The largest absolute Gasteiger partial charge is 0.507 e. The van der Waals surface area contributed by atoms with Crippen LogP contribution >= 0.6 is 11.3 Å². The molecule has 1 unspecified atom stereocenters. The van der Waals surface area contributed by atoms with Gasteiger partial charge in [0.05, 0.1) is 11.6 Å². The third-order valence-corrected chi connectivity index (χ3v) is 6.44. The van der Waals surface area contributed by atoms with Crippen LogP contribution in [0.5, 0.6) is 0 Å². The van der Waals surface area contributed by atoms with Gasteiger partial charge in [-0.3, -0.25) is 14.5 Å². The van der Waals surface area contributed by atoms with Crippen molar-refractivity contribution in [2.75, 3.05) is 4.90 Å². The summed E-state index contributed by atoms with van der Waals surface area (Å²) in [5.41, 5.74) is 2.42. The maximum absolute atomic E-state index is 13.1. The van der Waals surface area contributed by atoms with Gasteiger partial charge in [-0.25, -0.2) is 0 Å². The number of hydrogen-bond acceptors (Lipinski definition) is 6. The monoisotopic (exact) mass is 433 g/mol. The van der Waals surface area contributed by atoms with Crippen molar-refractivity contribution in [3.05, 3.63) is 81.9 Å². The van der Waals surface area contributed by atoms with Crippen molar-refractivity contribution < 1.29 is 14.7 Å². The molecule has 0 radical (unpaired) electrons. The number of carbonyl (C=O) groups excluding carboxylic acids is 2. The standard InChI is InChI=1S/C24H23N3O3S/c1-4-18-25-26-24(31-18)27-20(16-12-10-15(11-13-16)14(2)3)19(22(29)23(27)30)21(28)17-8-6-5-7-9-17/h5-14,20,28H,4H2,1-3H3/b21-19+. The van der Waals surface area contributed by atoms with E-state index in [1.165, 1.54) is 16.2 Å². The Morgan fingerprint density at radius 2 is 1.74 bits per heavy atom. The van der Waals surface area contributed by atoms with Crippen molar-refractivity contribution in [1.29, 1.82) is 0 Å². The number of aromatic nitrogens is 2. The highest BCUT2D eigenvalue weighted by atomic mass is 32.1. The lowest BCUT2D eigenvalue weighted by Gasteiger charge is -2.23. The molecular formula is C24H23N3O3S. The molecule has 1 atom stereocenters. The van der Waals surface area contributed by atoms with Gasteiger partial charge >= 0.3 is 5.91 Å². The van der Waals surface area contributed by atoms with Gasteiger partial charge in [0.1, 0.15) is 10.8 Å². The number of rotatable bonds is 5. The number of aliphatic hydroxyl groups is 1. The zero-order chi connectivity index (χ0) is 22.1. The lowest BCUT2D eigenvalue weighted by molar-refractivity contribution is -0.132. The Morgan fingerprint density at radius 1 is 1.06 bits per heavy atom. The van der Waals surface area contributed by atoms with Crippen LogP contribution in [0, 0.1) is 0 Å². The lowest BCUT2D eigenvalue weighted by atomic mass is 9.93. The average molecular weight is 434 g/mol. The number of ketones is 1. The van der Waals surface area contributed by atoms with Crippen LogP contribution in [0.3, 0.4) is 0 Å². The van der Waals surface area contributed by atoms with Crippen LogP contribution < -0.4 is 4.90 Å². The second kappa shape index (κ2) is 8.43. The first-order valence-corrected chi connectivity index (χ1v) is 11.0. The highest BCUT2D eigenvalue weighted by Gasteiger charge is 2.48. The smallest absolute Gasteiger partial charge is 0.301 e. The van der Waals surface area contributed by atoms with Crippen LogP contribution in [-0.2, 0) is 16.0 Å². The van der Waals surface area contributed by atoms with E-state index >= 15 is 0 Å². The summed E-state index contributed by atoms with van der Waals surface area (Å²) in [4.78, 5) is 27.5. The van der Waals surface area contributed by atoms with Gasteiger partial charge < -0.3 is 5.11 Å². The molecule has 1 aliphatic rings. The third kappa shape index (κ3) is 3.77. The zero-order valence-corrected chi connectivity index (χ0v) is 18.4. The molecule has 1 fully saturated rings. The number of benzene rings is 2. The lowest BCUT2D eigenvalue weighted by Crippen LogP contribution is -2.29. The molecule has 3 aromatic rings. The van der Waals surface area contributed by atoms with Gasteiger partial charge in [0.25, 0.3) is 5.78 Å². The van der Waals surface area contributed by atoms with Crippen LogP contribution in [-0.4, -0.2) is 27.0 Å². The number of amides is 1. The Hall–Kier alpha value is -3.32. The van der Waals surface area contributed by atoms with E-state index in [9.17, 15) is 14.7 Å². The normalized spacial score (nSPS) is 18.2. The van der Waals surface area contributed by atoms with Crippen molar-refractivity contribution in [3.8, 4) is 0 Å². The van der Waals surface area contributed by atoms with Crippen LogP contribution in [0.4, 0.5) is 5.13 Å². The van der Waals surface area contributed by atoms with Gasteiger partial charge in [0, 0.05) is 5.56 Å². The van der Waals surface area contributed by atoms with E-state index in [-0.39, 0.29) is 11.3 Å². The minimum atomic E-state index is -0.779. The van der Waals surface area contributed by atoms with Crippen molar-refractivity contribution >= 4 is 33.9 Å². The predicted molar refractivity (Wildman–Crippen MR) is 121 cm³/mol. The highest BCUT2D eigenvalue weighted by molar-refractivity contribution is 7.15. The topological polar surface area (TPSA) is 83.4 Å². The summed E-state index contributed by atoms with van der Waals surface area (Å²) < 4.78 is 0. The van der Waals surface area contributed by atoms with Crippen molar-refractivity contribution in [3.63, 3.8) is 0 Å². The molecule has 0 spiro atoms. The SMILES string of the molecule is CCc1nnc(N2C(=O)C(=O)/C(=C(/O)c3ccccc3)C2c2ccc(C(C)C)cc2)s1. The summed E-state index contributed by atoms with van der Waals surface area (Å²) >= 11 is 1.28. The van der Waals surface area contributed by atoms with Gasteiger partial charge in [0.15, 0.2) is 0 Å². The molecule has 6 nitrogen and oxygen atoms in total. The Kier molecular flexibility index (Phi) is 5.69. The fourth-order valence-corrected chi connectivity index (χ4v) is 4.45. The third-order valence-electron chi connectivity index (χ3n) is 5.38. The van der Waals surface area contributed by atoms with E-state index in [1.54, 1.807) is 24.3 Å². The van der Waals surface area contributed by atoms with Crippen molar-refractivity contribution in [2.24, 2.45) is 0 Å². The average Bonchev–Trinajstić information content (AvgIpc) is 3.36.